The average Bonchev–Trinajstić information content (AvgIpc) is 3.35. The lowest BCUT2D eigenvalue weighted by atomic mass is 10.1. The lowest BCUT2D eigenvalue weighted by molar-refractivity contribution is 0.0536. The van der Waals surface area contributed by atoms with Gasteiger partial charge >= 0.3 is 6.03 Å². The molecular weight excluding hydrogens is 316 g/mol. The number of rotatable bonds is 7. The van der Waals surface area contributed by atoms with Crippen LogP contribution in [0.1, 0.15) is 23.4 Å². The molecule has 128 valence electrons. The van der Waals surface area contributed by atoms with E-state index in [-0.39, 0.29) is 29.8 Å². The van der Waals surface area contributed by atoms with Crippen LogP contribution in [0.5, 0.6) is 5.75 Å². The Balaban J connectivity index is 1.94. The highest BCUT2D eigenvalue weighted by Gasteiger charge is 2.35. The molecule has 8 heteroatoms. The van der Waals surface area contributed by atoms with E-state index >= 15 is 0 Å². The minimum absolute atomic E-state index is 0.0746. The van der Waals surface area contributed by atoms with Crippen LogP contribution in [0.15, 0.2) is 22.6 Å². The van der Waals surface area contributed by atoms with E-state index in [0.717, 1.165) is 12.8 Å². The predicted octanol–water partition coefficient (Wildman–Crippen LogP) is 1.25. The molecule has 0 bridgehead atoms. The van der Waals surface area contributed by atoms with E-state index in [2.05, 4.69) is 5.32 Å². The van der Waals surface area contributed by atoms with Crippen molar-refractivity contribution in [1.29, 1.82) is 0 Å². The van der Waals surface area contributed by atoms with Gasteiger partial charge < -0.3 is 30.4 Å². The zero-order valence-corrected chi connectivity index (χ0v) is 12.8. The fourth-order valence-electron chi connectivity index (χ4n) is 2.36. The summed E-state index contributed by atoms with van der Waals surface area (Å²) in [7, 11) is 0. The normalized spacial score (nSPS) is 15.2. The average molecular weight is 334 g/mol. The number of nitrogens with one attached hydrogen (secondary N) is 1. The summed E-state index contributed by atoms with van der Waals surface area (Å²) in [6.45, 7) is -0.487. The van der Waals surface area contributed by atoms with Gasteiger partial charge in [0.25, 0.3) is 0 Å². The number of aliphatic hydroxyl groups excluding tert-OH is 2. The molecule has 1 aliphatic rings. The monoisotopic (exact) mass is 334 g/mol. The Bertz CT molecular complexity index is 780. The van der Waals surface area contributed by atoms with Gasteiger partial charge in [0.1, 0.15) is 29.7 Å². The minimum Gasteiger partial charge on any atom is -0.491 e. The van der Waals surface area contributed by atoms with E-state index in [1.807, 2.05) is 0 Å². The molecular formula is C16H18N2O6. The van der Waals surface area contributed by atoms with E-state index in [1.165, 1.54) is 0 Å². The Kier molecular flexibility index (Phi) is 4.41. The molecule has 3 rings (SSSR count). The van der Waals surface area contributed by atoms with Crippen molar-refractivity contribution in [3.63, 3.8) is 0 Å². The van der Waals surface area contributed by atoms with Crippen molar-refractivity contribution in [2.45, 2.75) is 18.9 Å². The van der Waals surface area contributed by atoms with Gasteiger partial charge in [-0.2, -0.15) is 0 Å². The summed E-state index contributed by atoms with van der Waals surface area (Å²) in [6, 6.07) is 4.01. The van der Waals surface area contributed by atoms with Crippen molar-refractivity contribution in [3.8, 4) is 5.75 Å². The van der Waals surface area contributed by atoms with Gasteiger partial charge in [-0.1, -0.05) is 0 Å². The second kappa shape index (κ2) is 6.50. The molecule has 1 aliphatic carbocycles. The predicted molar refractivity (Wildman–Crippen MR) is 85.1 cm³/mol. The summed E-state index contributed by atoms with van der Waals surface area (Å²) < 4.78 is 11.0. The number of nitrogens with two attached hydrogens (primary N) is 1. The highest BCUT2D eigenvalue weighted by atomic mass is 16.5. The summed E-state index contributed by atoms with van der Waals surface area (Å²) in [4.78, 5) is 23.6. The lowest BCUT2D eigenvalue weighted by Crippen LogP contribution is -2.21. The van der Waals surface area contributed by atoms with Gasteiger partial charge in [0.2, 0.25) is 5.78 Å². The number of hydrogen-bond donors (Lipinski definition) is 4. The summed E-state index contributed by atoms with van der Waals surface area (Å²) in [5.74, 6) is 0.251. The molecule has 1 aromatic carbocycles. The van der Waals surface area contributed by atoms with Gasteiger partial charge in [0, 0.05) is 17.4 Å². The van der Waals surface area contributed by atoms with E-state index in [1.54, 1.807) is 18.2 Å². The highest BCUT2D eigenvalue weighted by molar-refractivity contribution is 6.12. The van der Waals surface area contributed by atoms with E-state index in [0.29, 0.717) is 16.7 Å². The third kappa shape index (κ3) is 3.34. The first-order chi connectivity index (χ1) is 11.5. The maximum Gasteiger partial charge on any atom is 0.316 e. The second-order valence-electron chi connectivity index (χ2n) is 5.74. The number of primary amides is 1. The summed E-state index contributed by atoms with van der Waals surface area (Å²) >= 11 is 0. The SMILES string of the molecule is NC(=O)Nc1c(C(=O)C2CC2)oc2cc(OCC(O)CO)ccc12. The van der Waals surface area contributed by atoms with E-state index in [9.17, 15) is 14.7 Å². The first-order valence-electron chi connectivity index (χ1n) is 7.58. The zero-order chi connectivity index (χ0) is 17.3. The van der Waals surface area contributed by atoms with Crippen molar-refractivity contribution >= 4 is 28.5 Å². The number of ether oxygens (including phenoxy) is 1. The number of Topliss-reactive ketones (excluding diaryl/α,β-unsaturated/α-hetero) is 1. The quantitative estimate of drug-likeness (QED) is 0.563. The zero-order valence-electron chi connectivity index (χ0n) is 12.8. The van der Waals surface area contributed by atoms with Crippen LogP contribution in [0.2, 0.25) is 0 Å². The largest absolute Gasteiger partial charge is 0.491 e. The van der Waals surface area contributed by atoms with Gasteiger partial charge in [-0.3, -0.25) is 4.79 Å². The number of ketones is 1. The fraction of sp³-hybridized carbons (Fsp3) is 0.375. The Morgan fingerprint density at radius 3 is 2.79 bits per heavy atom. The van der Waals surface area contributed by atoms with Gasteiger partial charge in [-0.15, -0.1) is 0 Å². The Labute approximate surface area is 137 Å². The van der Waals surface area contributed by atoms with Crippen LogP contribution in [-0.4, -0.2) is 41.3 Å². The Morgan fingerprint density at radius 1 is 1.42 bits per heavy atom. The van der Waals surface area contributed by atoms with Crippen molar-refractivity contribution < 1.29 is 29.0 Å². The van der Waals surface area contributed by atoms with E-state index < -0.39 is 18.7 Å². The third-order valence-electron chi connectivity index (χ3n) is 3.73. The van der Waals surface area contributed by atoms with Crippen LogP contribution in [-0.2, 0) is 0 Å². The number of carbonyl (C=O) groups is 2. The fourth-order valence-corrected chi connectivity index (χ4v) is 2.36. The van der Waals surface area contributed by atoms with Crippen LogP contribution in [0, 0.1) is 5.92 Å². The Hall–Kier alpha value is -2.58. The first kappa shape index (κ1) is 16.3. The standard InChI is InChI=1S/C16H18N2O6/c17-16(22)18-13-11-4-3-10(23-7-9(20)6-19)5-12(11)24-15(13)14(21)8-1-2-8/h3-5,8-9,19-20H,1-2,6-7H2,(H3,17,18,22). The summed E-state index contributed by atoms with van der Waals surface area (Å²) in [5, 5.41) is 21.1. The van der Waals surface area contributed by atoms with Crippen LogP contribution < -0.4 is 15.8 Å². The third-order valence-corrected chi connectivity index (χ3v) is 3.73. The van der Waals surface area contributed by atoms with Gasteiger partial charge in [-0.05, 0) is 25.0 Å². The number of amides is 2. The molecule has 0 saturated heterocycles. The molecule has 24 heavy (non-hydrogen) atoms. The van der Waals surface area contributed by atoms with E-state index in [4.69, 9.17) is 20.0 Å². The maximum atomic E-state index is 12.3. The molecule has 2 aromatic rings. The first-order valence-corrected chi connectivity index (χ1v) is 7.58. The highest BCUT2D eigenvalue weighted by Crippen LogP contribution is 2.39. The number of urea groups is 1. The number of anilines is 1. The van der Waals surface area contributed by atoms with Gasteiger partial charge in [-0.25, -0.2) is 4.79 Å². The lowest BCUT2D eigenvalue weighted by Gasteiger charge is -2.09. The number of hydrogen-bond acceptors (Lipinski definition) is 6. The second-order valence-corrected chi connectivity index (χ2v) is 5.74. The molecule has 5 N–H and O–H groups in total. The number of carbonyl (C=O) groups excluding carboxylic acids is 2. The number of fused-ring (bicyclic) bond motifs is 1. The molecule has 1 atom stereocenters. The number of aliphatic hydroxyl groups is 2. The Morgan fingerprint density at radius 2 is 2.17 bits per heavy atom. The molecule has 1 heterocycles. The summed E-state index contributed by atoms with van der Waals surface area (Å²) in [6.07, 6.45) is 0.620. The van der Waals surface area contributed by atoms with Crippen LogP contribution in [0.4, 0.5) is 10.5 Å². The molecule has 0 spiro atoms. The molecule has 2 amide bonds. The molecule has 8 nitrogen and oxygen atoms in total. The van der Waals surface area contributed by atoms with Crippen LogP contribution in [0.3, 0.4) is 0 Å². The molecule has 1 unspecified atom stereocenters. The molecule has 0 aliphatic heterocycles. The van der Waals surface area contributed by atoms with Crippen molar-refractivity contribution in [1.82, 2.24) is 0 Å². The molecule has 0 radical (unpaired) electrons. The minimum atomic E-state index is -0.989. The molecule has 1 fully saturated rings. The maximum absolute atomic E-state index is 12.3. The molecule has 1 aromatic heterocycles. The van der Waals surface area contributed by atoms with Crippen molar-refractivity contribution in [2.24, 2.45) is 11.7 Å². The van der Waals surface area contributed by atoms with Gasteiger partial charge in [0.05, 0.1) is 6.61 Å². The van der Waals surface area contributed by atoms with Crippen molar-refractivity contribution in [2.75, 3.05) is 18.5 Å². The molecule has 1 saturated carbocycles. The number of furan rings is 1. The van der Waals surface area contributed by atoms with Crippen LogP contribution >= 0.6 is 0 Å². The van der Waals surface area contributed by atoms with Crippen molar-refractivity contribution in [3.05, 3.63) is 24.0 Å². The number of benzene rings is 1. The van der Waals surface area contributed by atoms with Crippen LogP contribution in [0.25, 0.3) is 11.0 Å². The summed E-state index contributed by atoms with van der Waals surface area (Å²) in [5.41, 5.74) is 5.80. The topological polar surface area (TPSA) is 135 Å². The smallest absolute Gasteiger partial charge is 0.316 e. The van der Waals surface area contributed by atoms with Gasteiger partial charge in [0.15, 0.2) is 5.76 Å².